The largest absolute Gasteiger partial charge is 0.441 e. The van der Waals surface area contributed by atoms with Crippen LogP contribution in [0.15, 0.2) is 57.6 Å². The lowest BCUT2D eigenvalue weighted by molar-refractivity contribution is -0.133. The standard InChI is InChI=1S/C26H25F2N5O3/c1-17-4-2-3-5-19(17)26-30-24(36-31-26)16-32-10-12-33(13-11-32)25(34)9-8-23-29-15-22(35-23)20-7-6-18(27)14-21(20)28/h2-7,14-15H,8-13,16H2,1H3. The number of piperazine rings is 1. The summed E-state index contributed by atoms with van der Waals surface area (Å²) in [4.78, 5) is 25.3. The van der Waals surface area contributed by atoms with Crippen molar-refractivity contribution in [2.75, 3.05) is 26.2 Å². The topological polar surface area (TPSA) is 88.5 Å². The van der Waals surface area contributed by atoms with Crippen molar-refractivity contribution >= 4 is 5.91 Å². The lowest BCUT2D eigenvalue weighted by Gasteiger charge is -2.33. The van der Waals surface area contributed by atoms with E-state index in [1.54, 1.807) is 0 Å². The zero-order valence-electron chi connectivity index (χ0n) is 19.8. The quantitative estimate of drug-likeness (QED) is 0.380. The Morgan fingerprint density at radius 3 is 2.61 bits per heavy atom. The molecule has 0 saturated carbocycles. The first-order valence-electron chi connectivity index (χ1n) is 11.7. The van der Waals surface area contributed by atoms with Gasteiger partial charge in [0.1, 0.15) is 11.6 Å². The van der Waals surface area contributed by atoms with Gasteiger partial charge in [0.25, 0.3) is 0 Å². The summed E-state index contributed by atoms with van der Waals surface area (Å²) in [6, 6.07) is 11.1. The number of hydrogen-bond donors (Lipinski definition) is 0. The van der Waals surface area contributed by atoms with Gasteiger partial charge in [-0.05, 0) is 24.6 Å². The summed E-state index contributed by atoms with van der Waals surface area (Å²) in [5.41, 5.74) is 2.16. The minimum absolute atomic E-state index is 0.00184. The van der Waals surface area contributed by atoms with Crippen LogP contribution < -0.4 is 0 Å². The molecule has 4 aromatic rings. The van der Waals surface area contributed by atoms with Crippen LogP contribution in [0.3, 0.4) is 0 Å². The molecule has 2 aromatic heterocycles. The van der Waals surface area contributed by atoms with Gasteiger partial charge in [0.15, 0.2) is 11.7 Å². The molecule has 0 aliphatic carbocycles. The number of rotatable bonds is 7. The van der Waals surface area contributed by atoms with Crippen molar-refractivity contribution in [1.29, 1.82) is 0 Å². The third kappa shape index (κ3) is 5.33. The molecule has 36 heavy (non-hydrogen) atoms. The fourth-order valence-electron chi connectivity index (χ4n) is 4.21. The Labute approximate surface area is 206 Å². The van der Waals surface area contributed by atoms with Crippen molar-refractivity contribution in [3.63, 3.8) is 0 Å². The van der Waals surface area contributed by atoms with Gasteiger partial charge in [-0.2, -0.15) is 4.98 Å². The van der Waals surface area contributed by atoms with Crippen LogP contribution in [-0.2, 0) is 17.8 Å². The van der Waals surface area contributed by atoms with E-state index in [-0.39, 0.29) is 23.7 Å². The number of halogens is 2. The van der Waals surface area contributed by atoms with Crippen molar-refractivity contribution in [3.05, 3.63) is 77.6 Å². The van der Waals surface area contributed by atoms with Gasteiger partial charge >= 0.3 is 0 Å². The molecule has 0 N–H and O–H groups in total. The van der Waals surface area contributed by atoms with E-state index in [4.69, 9.17) is 8.94 Å². The summed E-state index contributed by atoms with van der Waals surface area (Å²) in [7, 11) is 0. The molecule has 0 bridgehead atoms. The number of carbonyl (C=O) groups is 1. The predicted octanol–water partition coefficient (Wildman–Crippen LogP) is 4.26. The predicted molar refractivity (Wildman–Crippen MR) is 127 cm³/mol. The summed E-state index contributed by atoms with van der Waals surface area (Å²) in [5, 5.41) is 4.11. The highest BCUT2D eigenvalue weighted by Gasteiger charge is 2.23. The van der Waals surface area contributed by atoms with Gasteiger partial charge in [-0.1, -0.05) is 29.4 Å². The first-order valence-corrected chi connectivity index (χ1v) is 11.7. The van der Waals surface area contributed by atoms with Gasteiger partial charge in [0.05, 0.1) is 18.3 Å². The zero-order chi connectivity index (χ0) is 25.1. The molecule has 1 aliphatic heterocycles. The summed E-state index contributed by atoms with van der Waals surface area (Å²) in [5.74, 6) is 0.280. The first-order chi connectivity index (χ1) is 17.5. The molecule has 186 valence electrons. The fourth-order valence-corrected chi connectivity index (χ4v) is 4.21. The van der Waals surface area contributed by atoms with Crippen molar-refractivity contribution in [3.8, 4) is 22.7 Å². The first kappa shape index (κ1) is 23.8. The summed E-state index contributed by atoms with van der Waals surface area (Å²) >= 11 is 0. The van der Waals surface area contributed by atoms with Gasteiger partial charge in [-0.15, -0.1) is 0 Å². The van der Waals surface area contributed by atoms with E-state index >= 15 is 0 Å². The molecule has 0 unspecified atom stereocenters. The van der Waals surface area contributed by atoms with Crippen LogP contribution in [0, 0.1) is 18.6 Å². The number of aryl methyl sites for hydroxylation is 2. The molecule has 8 nitrogen and oxygen atoms in total. The smallest absolute Gasteiger partial charge is 0.241 e. The molecule has 1 fully saturated rings. The zero-order valence-corrected chi connectivity index (χ0v) is 19.8. The number of nitrogens with zero attached hydrogens (tertiary/aromatic N) is 5. The summed E-state index contributed by atoms with van der Waals surface area (Å²) in [6.07, 6.45) is 1.91. The van der Waals surface area contributed by atoms with Crippen LogP contribution >= 0.6 is 0 Å². The average molecular weight is 494 g/mol. The third-order valence-electron chi connectivity index (χ3n) is 6.24. The molecule has 0 atom stereocenters. The normalized spacial score (nSPS) is 14.4. The molecule has 0 spiro atoms. The molecule has 1 aliphatic rings. The number of benzene rings is 2. The number of aromatic nitrogens is 3. The number of hydrogen-bond acceptors (Lipinski definition) is 7. The van der Waals surface area contributed by atoms with Crippen molar-refractivity contribution < 1.29 is 22.5 Å². The maximum Gasteiger partial charge on any atom is 0.241 e. The van der Waals surface area contributed by atoms with Crippen LogP contribution in [0.25, 0.3) is 22.7 Å². The third-order valence-corrected chi connectivity index (χ3v) is 6.24. The molecular formula is C26H25F2N5O3. The number of amides is 1. The van der Waals surface area contributed by atoms with Gasteiger partial charge in [-0.25, -0.2) is 13.8 Å². The molecule has 3 heterocycles. The minimum Gasteiger partial charge on any atom is -0.441 e. The van der Waals surface area contributed by atoms with Crippen LogP contribution in [0.1, 0.15) is 23.8 Å². The second-order valence-corrected chi connectivity index (χ2v) is 8.73. The summed E-state index contributed by atoms with van der Waals surface area (Å²) in [6.45, 7) is 5.11. The Morgan fingerprint density at radius 2 is 1.83 bits per heavy atom. The van der Waals surface area contributed by atoms with E-state index in [0.717, 1.165) is 23.3 Å². The molecule has 5 rings (SSSR count). The molecule has 10 heteroatoms. The van der Waals surface area contributed by atoms with Crippen LogP contribution in [0.2, 0.25) is 0 Å². The Bertz CT molecular complexity index is 1360. The van der Waals surface area contributed by atoms with E-state index in [1.807, 2.05) is 36.1 Å². The fraction of sp³-hybridized carbons (Fsp3) is 0.308. The Kier molecular flexibility index (Phi) is 6.86. The van der Waals surface area contributed by atoms with Crippen molar-refractivity contribution in [2.24, 2.45) is 0 Å². The van der Waals surface area contributed by atoms with E-state index in [1.165, 1.54) is 12.3 Å². The van der Waals surface area contributed by atoms with E-state index in [9.17, 15) is 13.6 Å². The highest BCUT2D eigenvalue weighted by molar-refractivity contribution is 5.76. The van der Waals surface area contributed by atoms with Crippen LogP contribution in [0.4, 0.5) is 8.78 Å². The Balaban J connectivity index is 1.10. The van der Waals surface area contributed by atoms with E-state index in [2.05, 4.69) is 20.0 Å². The second kappa shape index (κ2) is 10.4. The molecule has 1 amide bonds. The van der Waals surface area contributed by atoms with Gasteiger partial charge in [-0.3, -0.25) is 9.69 Å². The number of carbonyl (C=O) groups excluding carboxylic acids is 1. The number of oxazole rings is 1. The monoisotopic (exact) mass is 493 g/mol. The highest BCUT2D eigenvalue weighted by atomic mass is 19.1. The molecule has 2 aromatic carbocycles. The second-order valence-electron chi connectivity index (χ2n) is 8.73. The van der Waals surface area contributed by atoms with Gasteiger partial charge in [0, 0.05) is 50.7 Å². The van der Waals surface area contributed by atoms with Crippen LogP contribution in [0.5, 0.6) is 0 Å². The van der Waals surface area contributed by atoms with Crippen LogP contribution in [-0.4, -0.2) is 57.0 Å². The minimum atomic E-state index is -0.724. The highest BCUT2D eigenvalue weighted by Crippen LogP contribution is 2.25. The van der Waals surface area contributed by atoms with Gasteiger partial charge < -0.3 is 13.8 Å². The maximum atomic E-state index is 14.0. The van der Waals surface area contributed by atoms with Gasteiger partial charge in [0.2, 0.25) is 17.6 Å². The van der Waals surface area contributed by atoms with E-state index < -0.39 is 11.6 Å². The summed E-state index contributed by atoms with van der Waals surface area (Å²) < 4.78 is 38.1. The average Bonchev–Trinajstić information content (AvgIpc) is 3.53. The van der Waals surface area contributed by atoms with Crippen molar-refractivity contribution in [1.82, 2.24) is 24.9 Å². The van der Waals surface area contributed by atoms with Crippen molar-refractivity contribution in [2.45, 2.75) is 26.3 Å². The Morgan fingerprint density at radius 1 is 1.03 bits per heavy atom. The van der Waals surface area contributed by atoms with E-state index in [0.29, 0.717) is 56.8 Å². The lowest BCUT2D eigenvalue weighted by Crippen LogP contribution is -2.48. The lowest BCUT2D eigenvalue weighted by atomic mass is 10.1. The SMILES string of the molecule is Cc1ccccc1-c1noc(CN2CCN(C(=O)CCc3ncc(-c4ccc(F)cc4F)o3)CC2)n1. The maximum absolute atomic E-state index is 14.0. The molecular weight excluding hydrogens is 468 g/mol. The molecule has 1 saturated heterocycles. The molecule has 0 radical (unpaired) electrons. The Hall–Kier alpha value is -3.92.